The zero-order valence-electron chi connectivity index (χ0n) is 14.4. The maximum Gasteiger partial charge on any atom is 0.259 e. The van der Waals surface area contributed by atoms with Crippen molar-refractivity contribution in [1.82, 2.24) is 4.98 Å². The number of carbonyl (C=O) groups is 2. The van der Waals surface area contributed by atoms with E-state index in [0.29, 0.717) is 22.6 Å². The van der Waals surface area contributed by atoms with E-state index in [0.717, 1.165) is 30.4 Å². The highest BCUT2D eigenvalue weighted by Crippen LogP contribution is 2.25. The highest BCUT2D eigenvalue weighted by atomic mass is 79.9. The molecule has 2 heterocycles. The van der Waals surface area contributed by atoms with Crippen LogP contribution in [0.1, 0.15) is 46.4 Å². The summed E-state index contributed by atoms with van der Waals surface area (Å²) in [6.07, 6.45) is 6.31. The second-order valence-corrected chi connectivity index (χ2v) is 7.24. The van der Waals surface area contributed by atoms with Crippen LogP contribution in [0.3, 0.4) is 0 Å². The first-order valence-corrected chi connectivity index (χ1v) is 9.45. The normalized spacial score (nSPS) is 14.6. The molecule has 1 fully saturated rings. The van der Waals surface area contributed by atoms with Gasteiger partial charge in [0, 0.05) is 35.0 Å². The smallest absolute Gasteiger partial charge is 0.259 e. The van der Waals surface area contributed by atoms with Crippen molar-refractivity contribution < 1.29 is 9.59 Å². The number of benzene rings is 1. The minimum absolute atomic E-state index is 0.264. The first kappa shape index (κ1) is 18.4. The van der Waals surface area contributed by atoms with Crippen LogP contribution >= 0.6 is 15.9 Å². The number of rotatable bonds is 4. The van der Waals surface area contributed by atoms with E-state index in [1.807, 2.05) is 0 Å². The number of anilines is 2. The van der Waals surface area contributed by atoms with Crippen molar-refractivity contribution in [3.05, 3.63) is 52.1 Å². The van der Waals surface area contributed by atoms with Crippen LogP contribution in [0.15, 0.2) is 41.0 Å². The molecule has 2 aromatic rings. The van der Waals surface area contributed by atoms with Crippen molar-refractivity contribution >= 4 is 39.2 Å². The minimum Gasteiger partial charge on any atom is -0.366 e. The van der Waals surface area contributed by atoms with Gasteiger partial charge in [-0.2, -0.15) is 0 Å². The number of hydrogen-bond donors (Lipinski definition) is 2. The van der Waals surface area contributed by atoms with Gasteiger partial charge in [0.1, 0.15) is 5.82 Å². The summed E-state index contributed by atoms with van der Waals surface area (Å²) in [6, 6.07) is 8.37. The van der Waals surface area contributed by atoms with Gasteiger partial charge >= 0.3 is 0 Å². The van der Waals surface area contributed by atoms with E-state index >= 15 is 0 Å². The molecule has 0 aliphatic carbocycles. The Morgan fingerprint density at radius 1 is 1.12 bits per heavy atom. The van der Waals surface area contributed by atoms with E-state index in [1.54, 1.807) is 36.5 Å². The zero-order valence-corrected chi connectivity index (χ0v) is 16.0. The molecule has 1 aliphatic rings. The van der Waals surface area contributed by atoms with Gasteiger partial charge in [-0.25, -0.2) is 4.98 Å². The fourth-order valence-corrected chi connectivity index (χ4v) is 3.41. The summed E-state index contributed by atoms with van der Waals surface area (Å²) in [7, 11) is 0. The lowest BCUT2D eigenvalue weighted by Crippen LogP contribution is -2.28. The Balaban J connectivity index is 1.87. The second kappa shape index (κ2) is 8.31. The zero-order chi connectivity index (χ0) is 18.5. The van der Waals surface area contributed by atoms with Crippen LogP contribution in [0.4, 0.5) is 11.5 Å². The van der Waals surface area contributed by atoms with Gasteiger partial charge < -0.3 is 16.0 Å². The molecule has 0 bridgehead atoms. The summed E-state index contributed by atoms with van der Waals surface area (Å²) in [6.45, 7) is 1.79. The number of aromatic nitrogens is 1. The molecule has 0 spiro atoms. The number of primary amides is 1. The molecule has 26 heavy (non-hydrogen) atoms. The van der Waals surface area contributed by atoms with Crippen LogP contribution < -0.4 is 16.0 Å². The average Bonchev–Trinajstić information content (AvgIpc) is 2.91. The van der Waals surface area contributed by atoms with Crippen LogP contribution in [-0.2, 0) is 0 Å². The van der Waals surface area contributed by atoms with Gasteiger partial charge in [0.25, 0.3) is 5.91 Å². The third-order valence-electron chi connectivity index (χ3n) is 4.39. The van der Waals surface area contributed by atoms with Gasteiger partial charge in [-0.3, -0.25) is 9.59 Å². The fourth-order valence-electron chi connectivity index (χ4n) is 3.08. The Bertz CT molecular complexity index is 817. The number of nitrogens with one attached hydrogen (secondary N) is 1. The highest BCUT2D eigenvalue weighted by Gasteiger charge is 2.20. The van der Waals surface area contributed by atoms with Gasteiger partial charge in [-0.05, 0) is 53.0 Å². The average molecular weight is 417 g/mol. The van der Waals surface area contributed by atoms with Crippen molar-refractivity contribution in [3.63, 3.8) is 0 Å². The van der Waals surface area contributed by atoms with Gasteiger partial charge in [-0.15, -0.1) is 0 Å². The molecule has 0 atom stereocenters. The first-order chi connectivity index (χ1) is 12.5. The monoisotopic (exact) mass is 416 g/mol. The molecule has 136 valence electrons. The summed E-state index contributed by atoms with van der Waals surface area (Å²) in [5, 5.41) is 2.84. The van der Waals surface area contributed by atoms with Gasteiger partial charge in [0.15, 0.2) is 0 Å². The number of nitrogens with zero attached hydrogens (tertiary/aromatic N) is 2. The number of pyridine rings is 1. The Morgan fingerprint density at radius 2 is 1.85 bits per heavy atom. The summed E-state index contributed by atoms with van der Waals surface area (Å²) in [5.74, 6) is -0.103. The van der Waals surface area contributed by atoms with Gasteiger partial charge in [-0.1, -0.05) is 18.9 Å². The maximum atomic E-state index is 12.9. The molecule has 0 unspecified atom stereocenters. The molecular formula is C19H21BrN4O2. The van der Waals surface area contributed by atoms with Gasteiger partial charge in [0.2, 0.25) is 5.91 Å². The van der Waals surface area contributed by atoms with Crippen LogP contribution in [0.5, 0.6) is 0 Å². The lowest BCUT2D eigenvalue weighted by Gasteiger charge is -2.24. The Labute approximate surface area is 160 Å². The second-order valence-electron chi connectivity index (χ2n) is 6.33. The Hall–Kier alpha value is -2.41. The lowest BCUT2D eigenvalue weighted by atomic mass is 10.1. The van der Waals surface area contributed by atoms with E-state index in [4.69, 9.17) is 5.73 Å². The van der Waals surface area contributed by atoms with E-state index < -0.39 is 5.91 Å². The molecule has 0 radical (unpaired) electrons. The fraction of sp³-hybridized carbons (Fsp3) is 0.316. The molecule has 3 N–H and O–H groups in total. The van der Waals surface area contributed by atoms with Crippen LogP contribution in [-0.4, -0.2) is 29.9 Å². The summed E-state index contributed by atoms with van der Waals surface area (Å²) in [4.78, 5) is 30.9. The Morgan fingerprint density at radius 3 is 2.54 bits per heavy atom. The van der Waals surface area contributed by atoms with Crippen LogP contribution in [0, 0.1) is 0 Å². The van der Waals surface area contributed by atoms with E-state index in [-0.39, 0.29) is 5.91 Å². The Kier molecular flexibility index (Phi) is 5.88. The predicted molar refractivity (Wildman–Crippen MR) is 106 cm³/mol. The summed E-state index contributed by atoms with van der Waals surface area (Å²) >= 11 is 3.40. The van der Waals surface area contributed by atoms with Crippen molar-refractivity contribution in [3.8, 4) is 0 Å². The molecule has 2 amide bonds. The molecule has 6 nitrogen and oxygen atoms in total. The molecule has 7 heteroatoms. The van der Waals surface area contributed by atoms with Crippen LogP contribution in [0.25, 0.3) is 0 Å². The predicted octanol–water partition coefficient (Wildman–Crippen LogP) is 3.58. The quantitative estimate of drug-likeness (QED) is 0.796. The molecule has 0 saturated carbocycles. The van der Waals surface area contributed by atoms with Crippen molar-refractivity contribution in [2.24, 2.45) is 5.73 Å². The number of carbonyl (C=O) groups excluding carboxylic acids is 2. The van der Waals surface area contributed by atoms with Crippen LogP contribution in [0.2, 0.25) is 0 Å². The number of nitrogens with two attached hydrogens (primary N) is 1. The third-order valence-corrected chi connectivity index (χ3v) is 4.82. The molecular weight excluding hydrogens is 396 g/mol. The van der Waals surface area contributed by atoms with E-state index in [1.165, 1.54) is 12.8 Å². The first-order valence-electron chi connectivity index (χ1n) is 8.66. The molecule has 1 aliphatic heterocycles. The minimum atomic E-state index is -0.532. The largest absolute Gasteiger partial charge is 0.366 e. The topological polar surface area (TPSA) is 88.3 Å². The molecule has 1 aromatic carbocycles. The molecule has 1 saturated heterocycles. The maximum absolute atomic E-state index is 12.9. The van der Waals surface area contributed by atoms with Crippen molar-refractivity contribution in [1.29, 1.82) is 0 Å². The van der Waals surface area contributed by atoms with E-state index in [9.17, 15) is 9.59 Å². The summed E-state index contributed by atoms with van der Waals surface area (Å²) < 4.78 is 0.743. The third kappa shape index (κ3) is 4.40. The summed E-state index contributed by atoms with van der Waals surface area (Å²) in [5.41, 5.74) is 6.68. The van der Waals surface area contributed by atoms with Crippen molar-refractivity contribution in [2.45, 2.75) is 25.7 Å². The van der Waals surface area contributed by atoms with E-state index in [2.05, 4.69) is 31.1 Å². The standard InChI is InChI=1S/C19H21BrN4O2/c20-14-11-16(18(22-12-14)24-8-3-1-2-4-9-24)19(26)23-15-7-5-6-13(10-15)17(21)25/h5-7,10-12H,1-4,8-9H2,(H2,21,25)(H,23,26). The molecule has 3 rings (SSSR count). The highest BCUT2D eigenvalue weighted by molar-refractivity contribution is 9.10. The number of halogens is 1. The lowest BCUT2D eigenvalue weighted by molar-refractivity contribution is 0.0996. The van der Waals surface area contributed by atoms with Gasteiger partial charge in [0.05, 0.1) is 5.56 Å². The molecule has 1 aromatic heterocycles. The van der Waals surface area contributed by atoms with Crippen molar-refractivity contribution in [2.75, 3.05) is 23.3 Å². The number of amides is 2. The SMILES string of the molecule is NC(=O)c1cccc(NC(=O)c2cc(Br)cnc2N2CCCCCC2)c1. The number of hydrogen-bond acceptors (Lipinski definition) is 4.